The van der Waals surface area contributed by atoms with Crippen LogP contribution >= 0.6 is 0 Å². The largest absolute Gasteiger partial charge is 0.477 e. The number of halogens is 2. The van der Waals surface area contributed by atoms with Crippen LogP contribution in [0, 0.1) is 5.92 Å². The molecular formula is C12H14F2O3. The van der Waals surface area contributed by atoms with Gasteiger partial charge in [-0.1, -0.05) is 44.2 Å². The van der Waals surface area contributed by atoms with E-state index in [1.807, 2.05) is 0 Å². The van der Waals surface area contributed by atoms with Gasteiger partial charge in [-0.15, -0.1) is 0 Å². The van der Waals surface area contributed by atoms with Gasteiger partial charge < -0.3 is 10.2 Å². The number of aliphatic hydroxyl groups is 1. The first-order valence-electron chi connectivity index (χ1n) is 5.13. The number of carbonyl (C=O) groups is 1. The maximum atomic E-state index is 13.7. The van der Waals surface area contributed by atoms with Crippen molar-refractivity contribution in [3.05, 3.63) is 35.9 Å². The summed E-state index contributed by atoms with van der Waals surface area (Å²) in [5.41, 5.74) is -2.83. The molecule has 0 heterocycles. The number of alkyl halides is 2. The van der Waals surface area contributed by atoms with Crippen molar-refractivity contribution in [2.24, 2.45) is 5.92 Å². The molecule has 5 heteroatoms. The van der Waals surface area contributed by atoms with E-state index in [2.05, 4.69) is 0 Å². The van der Waals surface area contributed by atoms with Crippen LogP contribution < -0.4 is 0 Å². The SMILES string of the molecule is CC(C)C(O)(c1ccccc1)C(F)(F)C(=O)O. The van der Waals surface area contributed by atoms with Crippen molar-refractivity contribution in [2.75, 3.05) is 0 Å². The lowest BCUT2D eigenvalue weighted by molar-refractivity contribution is -0.225. The van der Waals surface area contributed by atoms with E-state index in [-0.39, 0.29) is 5.56 Å². The Hall–Kier alpha value is -1.49. The fourth-order valence-corrected chi connectivity index (χ4v) is 1.73. The van der Waals surface area contributed by atoms with Crippen LogP contribution in [-0.2, 0) is 10.4 Å². The summed E-state index contributed by atoms with van der Waals surface area (Å²) in [5, 5.41) is 18.7. The van der Waals surface area contributed by atoms with Gasteiger partial charge in [-0.3, -0.25) is 0 Å². The summed E-state index contributed by atoms with van der Waals surface area (Å²) in [6.07, 6.45) is 0. The van der Waals surface area contributed by atoms with E-state index in [0.29, 0.717) is 0 Å². The monoisotopic (exact) mass is 244 g/mol. The Morgan fingerprint density at radius 1 is 1.24 bits per heavy atom. The zero-order chi connectivity index (χ0) is 13.3. The summed E-state index contributed by atoms with van der Waals surface area (Å²) >= 11 is 0. The number of carboxylic acids is 1. The summed E-state index contributed by atoms with van der Waals surface area (Å²) in [6.45, 7) is 2.70. The molecule has 0 radical (unpaired) electrons. The molecule has 0 fully saturated rings. The van der Waals surface area contributed by atoms with Gasteiger partial charge in [0, 0.05) is 0 Å². The van der Waals surface area contributed by atoms with Crippen molar-refractivity contribution >= 4 is 5.97 Å². The molecule has 1 rings (SSSR count). The molecule has 0 aliphatic rings. The predicted octanol–water partition coefficient (Wildman–Crippen LogP) is 2.25. The van der Waals surface area contributed by atoms with Crippen LogP contribution in [0.4, 0.5) is 8.78 Å². The lowest BCUT2D eigenvalue weighted by Gasteiger charge is -2.37. The minimum Gasteiger partial charge on any atom is -0.477 e. The Morgan fingerprint density at radius 2 is 1.71 bits per heavy atom. The lowest BCUT2D eigenvalue weighted by atomic mass is 9.78. The second-order valence-electron chi connectivity index (χ2n) is 4.17. The van der Waals surface area contributed by atoms with Gasteiger partial charge in [0.15, 0.2) is 5.60 Å². The van der Waals surface area contributed by atoms with Crippen LogP contribution in [0.2, 0.25) is 0 Å². The zero-order valence-electron chi connectivity index (χ0n) is 9.52. The van der Waals surface area contributed by atoms with Crippen LogP contribution in [0.5, 0.6) is 0 Å². The summed E-state index contributed by atoms with van der Waals surface area (Å²) < 4.78 is 27.4. The predicted molar refractivity (Wildman–Crippen MR) is 57.8 cm³/mol. The maximum absolute atomic E-state index is 13.7. The number of rotatable bonds is 4. The summed E-state index contributed by atoms with van der Waals surface area (Å²) in [7, 11) is 0. The highest BCUT2D eigenvalue weighted by atomic mass is 19.3. The second kappa shape index (κ2) is 4.41. The van der Waals surface area contributed by atoms with Gasteiger partial charge in [-0.25, -0.2) is 4.79 Å². The molecule has 0 aromatic heterocycles. The van der Waals surface area contributed by atoms with E-state index >= 15 is 0 Å². The minimum atomic E-state index is -4.25. The van der Waals surface area contributed by atoms with Crippen molar-refractivity contribution < 1.29 is 23.8 Å². The molecule has 0 amide bonds. The first-order chi connectivity index (χ1) is 7.74. The van der Waals surface area contributed by atoms with E-state index in [9.17, 15) is 18.7 Å². The fourth-order valence-electron chi connectivity index (χ4n) is 1.73. The molecule has 1 unspecified atom stereocenters. The number of hydrogen-bond acceptors (Lipinski definition) is 2. The van der Waals surface area contributed by atoms with Crippen LogP contribution in [0.15, 0.2) is 30.3 Å². The zero-order valence-corrected chi connectivity index (χ0v) is 9.52. The normalized spacial score (nSPS) is 15.6. The number of hydrogen-bond donors (Lipinski definition) is 2. The molecule has 0 spiro atoms. The topological polar surface area (TPSA) is 57.5 Å². The van der Waals surface area contributed by atoms with Crippen molar-refractivity contribution in [2.45, 2.75) is 25.4 Å². The lowest BCUT2D eigenvalue weighted by Crippen LogP contribution is -2.54. The number of aliphatic carboxylic acids is 1. The minimum absolute atomic E-state index is 0.109. The van der Waals surface area contributed by atoms with Gasteiger partial charge in [0.25, 0.3) is 0 Å². The molecule has 1 atom stereocenters. The Morgan fingerprint density at radius 3 is 2.06 bits per heavy atom. The van der Waals surface area contributed by atoms with Crippen molar-refractivity contribution in [1.29, 1.82) is 0 Å². The molecular weight excluding hydrogens is 230 g/mol. The molecule has 0 saturated heterocycles. The van der Waals surface area contributed by atoms with E-state index < -0.39 is 23.4 Å². The van der Waals surface area contributed by atoms with Crippen molar-refractivity contribution in [3.8, 4) is 0 Å². The van der Waals surface area contributed by atoms with Crippen LogP contribution in [0.3, 0.4) is 0 Å². The van der Waals surface area contributed by atoms with Gasteiger partial charge in [0.05, 0.1) is 0 Å². The third-order valence-electron chi connectivity index (χ3n) is 2.80. The van der Waals surface area contributed by atoms with Gasteiger partial charge in [0.1, 0.15) is 0 Å². The molecule has 2 N–H and O–H groups in total. The van der Waals surface area contributed by atoms with Gasteiger partial charge >= 0.3 is 11.9 Å². The number of benzene rings is 1. The van der Waals surface area contributed by atoms with Gasteiger partial charge in [0.2, 0.25) is 0 Å². The van der Waals surface area contributed by atoms with Crippen molar-refractivity contribution in [3.63, 3.8) is 0 Å². The van der Waals surface area contributed by atoms with Crippen LogP contribution in [0.1, 0.15) is 19.4 Å². The molecule has 0 bridgehead atoms. The Balaban J connectivity index is 3.39. The quantitative estimate of drug-likeness (QED) is 0.854. The van der Waals surface area contributed by atoms with Gasteiger partial charge in [-0.2, -0.15) is 8.78 Å². The van der Waals surface area contributed by atoms with Crippen molar-refractivity contribution in [1.82, 2.24) is 0 Å². The highest BCUT2D eigenvalue weighted by molar-refractivity contribution is 5.77. The molecule has 0 saturated carbocycles. The summed E-state index contributed by atoms with van der Waals surface area (Å²) in [5.74, 6) is -7.53. The van der Waals surface area contributed by atoms with Crippen LogP contribution in [-0.4, -0.2) is 22.1 Å². The molecule has 17 heavy (non-hydrogen) atoms. The fraction of sp³-hybridized carbons (Fsp3) is 0.417. The van der Waals surface area contributed by atoms with E-state index in [0.717, 1.165) is 0 Å². The third kappa shape index (κ3) is 2.02. The highest BCUT2D eigenvalue weighted by Gasteiger charge is 2.61. The molecule has 3 nitrogen and oxygen atoms in total. The Kier molecular flexibility index (Phi) is 3.52. The first kappa shape index (κ1) is 13.6. The molecule has 1 aromatic rings. The summed E-state index contributed by atoms with van der Waals surface area (Å²) in [4.78, 5) is 10.6. The average molecular weight is 244 g/mol. The van der Waals surface area contributed by atoms with Crippen LogP contribution in [0.25, 0.3) is 0 Å². The van der Waals surface area contributed by atoms with E-state index in [1.165, 1.54) is 38.1 Å². The maximum Gasteiger partial charge on any atom is 0.378 e. The molecule has 94 valence electrons. The second-order valence-corrected chi connectivity index (χ2v) is 4.17. The summed E-state index contributed by atoms with van der Waals surface area (Å²) in [6, 6.07) is 7.12. The first-order valence-corrected chi connectivity index (χ1v) is 5.13. The van der Waals surface area contributed by atoms with Gasteiger partial charge in [-0.05, 0) is 11.5 Å². The van der Waals surface area contributed by atoms with E-state index in [4.69, 9.17) is 5.11 Å². The highest BCUT2D eigenvalue weighted by Crippen LogP contribution is 2.43. The molecule has 0 aliphatic carbocycles. The molecule has 1 aromatic carbocycles. The number of carboxylic acid groups (broad SMARTS) is 1. The average Bonchev–Trinajstić information content (AvgIpc) is 2.28. The Labute approximate surface area is 97.7 Å². The van der Waals surface area contributed by atoms with E-state index in [1.54, 1.807) is 6.07 Å². The third-order valence-corrected chi connectivity index (χ3v) is 2.80. The Bertz CT molecular complexity index is 403. The molecule has 0 aliphatic heterocycles. The smallest absolute Gasteiger partial charge is 0.378 e. The standard InChI is InChI=1S/C12H14F2O3/c1-8(2)11(17,12(13,14)10(15)16)9-6-4-3-5-7-9/h3-8,17H,1-2H3,(H,15,16).